The number of hydrogen-bond acceptors (Lipinski definition) is 4. The topological polar surface area (TPSA) is 43.9 Å². The average molecular weight is 370 g/mol. The van der Waals surface area contributed by atoms with E-state index in [-0.39, 0.29) is 17.2 Å². The number of benzene rings is 1. The van der Waals surface area contributed by atoms with Gasteiger partial charge in [0.05, 0.1) is 12.1 Å². The predicted octanol–water partition coefficient (Wildman–Crippen LogP) is 3.39. The molecule has 1 aromatic rings. The lowest BCUT2D eigenvalue weighted by Crippen LogP contribution is -2.41. The third kappa shape index (κ3) is 3.75. The van der Waals surface area contributed by atoms with Gasteiger partial charge in [-0.1, -0.05) is 25.0 Å². The van der Waals surface area contributed by atoms with Gasteiger partial charge in [-0.3, -0.25) is 19.4 Å². The number of rotatable bonds is 5. The van der Waals surface area contributed by atoms with Crippen molar-refractivity contribution < 1.29 is 9.59 Å². The molecule has 1 aromatic carbocycles. The standard InChI is InChI=1S/C22H31N3O2/c1-23(17-25-20(26)15-22(21(25)27)11-3-4-12-22)16-18-7-9-19(10-8-18)24-13-5-2-6-14-24/h7-10H,2-6,11-17H2,1H3. The van der Waals surface area contributed by atoms with Gasteiger partial charge in [0.2, 0.25) is 11.8 Å². The normalized spacial score (nSPS) is 22.4. The third-order valence-corrected chi connectivity index (χ3v) is 6.54. The number of imide groups is 1. The maximum atomic E-state index is 12.8. The fourth-order valence-corrected chi connectivity index (χ4v) is 5.01. The molecule has 2 amide bonds. The summed E-state index contributed by atoms with van der Waals surface area (Å²) >= 11 is 0. The average Bonchev–Trinajstić information content (AvgIpc) is 3.24. The summed E-state index contributed by atoms with van der Waals surface area (Å²) in [6.45, 7) is 3.44. The van der Waals surface area contributed by atoms with E-state index in [4.69, 9.17) is 0 Å². The SMILES string of the molecule is CN(Cc1ccc(N2CCCCC2)cc1)CN1C(=O)CC2(CCCC2)C1=O. The lowest BCUT2D eigenvalue weighted by atomic mass is 9.85. The van der Waals surface area contributed by atoms with Gasteiger partial charge in [-0.15, -0.1) is 0 Å². The number of nitrogens with zero attached hydrogens (tertiary/aromatic N) is 3. The summed E-state index contributed by atoms with van der Waals surface area (Å²) in [5.74, 6) is 0.0755. The minimum Gasteiger partial charge on any atom is -0.372 e. The second kappa shape index (κ2) is 7.63. The summed E-state index contributed by atoms with van der Waals surface area (Å²) < 4.78 is 0. The molecule has 0 N–H and O–H groups in total. The van der Waals surface area contributed by atoms with Gasteiger partial charge in [-0.25, -0.2) is 0 Å². The fourth-order valence-electron chi connectivity index (χ4n) is 5.01. The van der Waals surface area contributed by atoms with Gasteiger partial charge in [-0.05, 0) is 56.8 Å². The highest BCUT2D eigenvalue weighted by Crippen LogP contribution is 2.46. The van der Waals surface area contributed by atoms with Crippen molar-refractivity contribution in [1.29, 1.82) is 0 Å². The first kappa shape index (κ1) is 18.5. The number of carbonyl (C=O) groups is 2. The molecule has 4 rings (SSSR count). The zero-order valence-corrected chi connectivity index (χ0v) is 16.5. The molecule has 146 valence electrons. The van der Waals surface area contributed by atoms with Crippen molar-refractivity contribution in [3.05, 3.63) is 29.8 Å². The van der Waals surface area contributed by atoms with Crippen molar-refractivity contribution in [2.45, 2.75) is 57.9 Å². The van der Waals surface area contributed by atoms with Crippen LogP contribution in [0.1, 0.15) is 56.9 Å². The van der Waals surface area contributed by atoms with Crippen LogP contribution in [0.5, 0.6) is 0 Å². The highest BCUT2D eigenvalue weighted by molar-refractivity contribution is 6.06. The maximum Gasteiger partial charge on any atom is 0.237 e. The van der Waals surface area contributed by atoms with Crippen LogP contribution in [0.4, 0.5) is 5.69 Å². The van der Waals surface area contributed by atoms with Gasteiger partial charge in [0, 0.05) is 31.7 Å². The molecular weight excluding hydrogens is 338 g/mol. The lowest BCUT2D eigenvalue weighted by molar-refractivity contribution is -0.143. The van der Waals surface area contributed by atoms with E-state index in [2.05, 4.69) is 34.1 Å². The number of likely N-dealkylation sites (tertiary alicyclic amines) is 1. The first-order valence-electron chi connectivity index (χ1n) is 10.4. The quantitative estimate of drug-likeness (QED) is 0.747. The molecule has 0 atom stereocenters. The minimum atomic E-state index is -0.367. The van der Waals surface area contributed by atoms with E-state index >= 15 is 0 Å². The molecule has 27 heavy (non-hydrogen) atoms. The van der Waals surface area contributed by atoms with Gasteiger partial charge in [0.25, 0.3) is 0 Å². The van der Waals surface area contributed by atoms with Gasteiger partial charge in [-0.2, -0.15) is 0 Å². The van der Waals surface area contributed by atoms with Gasteiger partial charge < -0.3 is 4.90 Å². The molecular formula is C22H31N3O2. The Morgan fingerprint density at radius 1 is 0.963 bits per heavy atom. The zero-order chi connectivity index (χ0) is 18.9. The van der Waals surface area contributed by atoms with E-state index in [1.807, 2.05) is 7.05 Å². The second-order valence-electron chi connectivity index (χ2n) is 8.66. The van der Waals surface area contributed by atoms with E-state index in [1.165, 1.54) is 35.4 Å². The van der Waals surface area contributed by atoms with Crippen LogP contribution in [0.3, 0.4) is 0 Å². The van der Waals surface area contributed by atoms with Crippen molar-refractivity contribution in [2.75, 3.05) is 31.7 Å². The molecule has 2 saturated heterocycles. The van der Waals surface area contributed by atoms with Crippen LogP contribution in [-0.4, -0.2) is 48.4 Å². The first-order valence-corrected chi connectivity index (χ1v) is 10.4. The third-order valence-electron chi connectivity index (χ3n) is 6.54. The molecule has 5 heteroatoms. The smallest absolute Gasteiger partial charge is 0.237 e. The predicted molar refractivity (Wildman–Crippen MR) is 106 cm³/mol. The summed E-state index contributed by atoms with van der Waals surface area (Å²) in [5, 5.41) is 0. The van der Waals surface area contributed by atoms with Gasteiger partial charge in [0.1, 0.15) is 0 Å². The van der Waals surface area contributed by atoms with E-state index in [0.717, 1.165) is 45.3 Å². The number of piperidine rings is 1. The molecule has 2 heterocycles. The monoisotopic (exact) mass is 369 g/mol. The largest absolute Gasteiger partial charge is 0.372 e. The molecule has 0 radical (unpaired) electrons. The summed E-state index contributed by atoms with van der Waals surface area (Å²) in [6, 6.07) is 8.75. The highest BCUT2D eigenvalue weighted by atomic mass is 16.2. The Morgan fingerprint density at radius 2 is 1.63 bits per heavy atom. The van der Waals surface area contributed by atoms with Crippen LogP contribution in [0.25, 0.3) is 0 Å². The van der Waals surface area contributed by atoms with Gasteiger partial charge >= 0.3 is 0 Å². The van der Waals surface area contributed by atoms with Crippen LogP contribution in [-0.2, 0) is 16.1 Å². The molecule has 0 bridgehead atoms. The fraction of sp³-hybridized carbons (Fsp3) is 0.636. The molecule has 3 aliphatic rings. The molecule has 2 aliphatic heterocycles. The summed E-state index contributed by atoms with van der Waals surface area (Å²) in [7, 11) is 1.98. The maximum absolute atomic E-state index is 12.8. The Morgan fingerprint density at radius 3 is 2.30 bits per heavy atom. The summed E-state index contributed by atoms with van der Waals surface area (Å²) in [6.07, 6.45) is 8.25. The summed E-state index contributed by atoms with van der Waals surface area (Å²) in [4.78, 5) is 31.3. The summed E-state index contributed by atoms with van der Waals surface area (Å²) in [5.41, 5.74) is 2.15. The van der Waals surface area contributed by atoms with Crippen molar-refractivity contribution >= 4 is 17.5 Å². The molecule has 1 aliphatic carbocycles. The lowest BCUT2D eigenvalue weighted by Gasteiger charge is -2.29. The minimum absolute atomic E-state index is 0.00852. The molecule has 5 nitrogen and oxygen atoms in total. The van der Waals surface area contributed by atoms with Crippen LogP contribution >= 0.6 is 0 Å². The van der Waals surface area contributed by atoms with Crippen LogP contribution in [0.15, 0.2) is 24.3 Å². The first-order chi connectivity index (χ1) is 13.1. The molecule has 0 aromatic heterocycles. The molecule has 0 unspecified atom stereocenters. The Balaban J connectivity index is 1.34. The molecule has 1 saturated carbocycles. The highest BCUT2D eigenvalue weighted by Gasteiger charge is 2.52. The second-order valence-corrected chi connectivity index (χ2v) is 8.66. The molecule has 3 fully saturated rings. The Bertz CT molecular complexity index is 688. The van der Waals surface area contributed by atoms with Crippen LogP contribution < -0.4 is 4.90 Å². The Kier molecular flexibility index (Phi) is 5.22. The van der Waals surface area contributed by atoms with Crippen molar-refractivity contribution in [2.24, 2.45) is 5.41 Å². The number of hydrogen-bond donors (Lipinski definition) is 0. The van der Waals surface area contributed by atoms with Crippen molar-refractivity contribution in [3.8, 4) is 0 Å². The van der Waals surface area contributed by atoms with Crippen LogP contribution in [0.2, 0.25) is 0 Å². The van der Waals surface area contributed by atoms with Crippen molar-refractivity contribution in [3.63, 3.8) is 0 Å². The van der Waals surface area contributed by atoms with Crippen molar-refractivity contribution in [1.82, 2.24) is 9.80 Å². The van der Waals surface area contributed by atoms with E-state index in [9.17, 15) is 9.59 Å². The number of anilines is 1. The van der Waals surface area contributed by atoms with Crippen LogP contribution in [0, 0.1) is 5.41 Å². The number of amides is 2. The van der Waals surface area contributed by atoms with E-state index in [1.54, 1.807) is 0 Å². The number of carbonyl (C=O) groups excluding carboxylic acids is 2. The Hall–Kier alpha value is -1.88. The van der Waals surface area contributed by atoms with E-state index < -0.39 is 0 Å². The van der Waals surface area contributed by atoms with Gasteiger partial charge in [0.15, 0.2) is 0 Å². The molecule has 1 spiro atoms. The van der Waals surface area contributed by atoms with E-state index in [0.29, 0.717) is 13.1 Å². The zero-order valence-electron chi connectivity index (χ0n) is 16.5. The Labute approximate surface area is 162 Å².